The Morgan fingerprint density at radius 2 is 1.75 bits per heavy atom. The lowest BCUT2D eigenvalue weighted by molar-refractivity contribution is 0.0993. The molecule has 3 N–H and O–H groups in total. The van der Waals surface area contributed by atoms with E-state index in [9.17, 15) is 9.59 Å². The van der Waals surface area contributed by atoms with Gasteiger partial charge in [0.15, 0.2) is 0 Å². The van der Waals surface area contributed by atoms with E-state index in [0.29, 0.717) is 42.4 Å². The second-order valence-electron chi connectivity index (χ2n) is 4.94. The summed E-state index contributed by atoms with van der Waals surface area (Å²) < 4.78 is 10.8. The summed E-state index contributed by atoms with van der Waals surface area (Å²) >= 11 is 0. The number of nitrogens with one attached hydrogen (secondary N) is 1. The summed E-state index contributed by atoms with van der Waals surface area (Å²) in [5, 5.41) is 2.76. The lowest BCUT2D eigenvalue weighted by Crippen LogP contribution is -2.15. The molecule has 0 spiro atoms. The van der Waals surface area contributed by atoms with Crippen LogP contribution in [0.3, 0.4) is 0 Å². The minimum Gasteiger partial charge on any atom is -0.490 e. The Kier molecular flexibility index (Phi) is 6.33. The maximum atomic E-state index is 12.4. The summed E-state index contributed by atoms with van der Waals surface area (Å²) in [4.78, 5) is 23.5. The molecule has 6 nitrogen and oxygen atoms in total. The number of hydrogen-bond donors (Lipinski definition) is 2. The maximum Gasteiger partial charge on any atom is 0.259 e. The number of carbonyl (C=O) groups is 2. The average Bonchev–Trinajstić information content (AvgIpc) is 2.59. The SMILES string of the molecule is CCOCCOc1ccccc1C(=O)Nc1ccc(C(N)=O)cc1. The van der Waals surface area contributed by atoms with Gasteiger partial charge in [0.2, 0.25) is 5.91 Å². The van der Waals surface area contributed by atoms with Gasteiger partial charge < -0.3 is 20.5 Å². The van der Waals surface area contributed by atoms with Crippen molar-refractivity contribution in [1.29, 1.82) is 0 Å². The van der Waals surface area contributed by atoms with E-state index in [1.165, 1.54) is 0 Å². The van der Waals surface area contributed by atoms with E-state index in [0.717, 1.165) is 0 Å². The van der Waals surface area contributed by atoms with E-state index < -0.39 is 5.91 Å². The summed E-state index contributed by atoms with van der Waals surface area (Å²) in [6.45, 7) is 3.35. The molecule has 0 aliphatic heterocycles. The number of para-hydroxylation sites is 1. The maximum absolute atomic E-state index is 12.4. The first-order valence-electron chi connectivity index (χ1n) is 7.62. The normalized spacial score (nSPS) is 10.2. The number of anilines is 1. The second kappa shape index (κ2) is 8.69. The highest BCUT2D eigenvalue weighted by molar-refractivity contribution is 6.06. The van der Waals surface area contributed by atoms with Crippen LogP contribution in [0.5, 0.6) is 5.75 Å². The van der Waals surface area contributed by atoms with Crippen LogP contribution >= 0.6 is 0 Å². The number of rotatable bonds is 8. The fourth-order valence-corrected chi connectivity index (χ4v) is 2.05. The summed E-state index contributed by atoms with van der Waals surface area (Å²) in [6, 6.07) is 13.3. The van der Waals surface area contributed by atoms with Crippen LogP contribution in [-0.4, -0.2) is 31.6 Å². The predicted molar refractivity (Wildman–Crippen MR) is 91.3 cm³/mol. The molecule has 6 heteroatoms. The Morgan fingerprint density at radius 1 is 1.04 bits per heavy atom. The molecule has 0 saturated carbocycles. The lowest BCUT2D eigenvalue weighted by Gasteiger charge is -2.12. The number of hydrogen-bond acceptors (Lipinski definition) is 4. The third-order valence-electron chi connectivity index (χ3n) is 3.25. The van der Waals surface area contributed by atoms with Crippen molar-refractivity contribution in [2.45, 2.75) is 6.92 Å². The molecule has 0 saturated heterocycles. The van der Waals surface area contributed by atoms with Crippen LogP contribution in [0.25, 0.3) is 0 Å². The van der Waals surface area contributed by atoms with Crippen LogP contribution in [-0.2, 0) is 4.74 Å². The van der Waals surface area contributed by atoms with Gasteiger partial charge in [0.25, 0.3) is 5.91 Å². The largest absolute Gasteiger partial charge is 0.490 e. The molecule has 2 amide bonds. The Hall–Kier alpha value is -2.86. The molecule has 0 heterocycles. The Morgan fingerprint density at radius 3 is 2.42 bits per heavy atom. The second-order valence-corrected chi connectivity index (χ2v) is 4.94. The molecule has 0 atom stereocenters. The van der Waals surface area contributed by atoms with Crippen molar-refractivity contribution in [3.63, 3.8) is 0 Å². The van der Waals surface area contributed by atoms with E-state index in [1.807, 2.05) is 6.92 Å². The van der Waals surface area contributed by atoms with E-state index >= 15 is 0 Å². The quantitative estimate of drug-likeness (QED) is 0.728. The molecule has 24 heavy (non-hydrogen) atoms. The molecular weight excluding hydrogens is 308 g/mol. The third-order valence-corrected chi connectivity index (χ3v) is 3.25. The molecule has 0 aliphatic rings. The van der Waals surface area contributed by atoms with Crippen molar-refractivity contribution < 1.29 is 19.1 Å². The highest BCUT2D eigenvalue weighted by atomic mass is 16.5. The molecule has 0 aliphatic carbocycles. The van der Waals surface area contributed by atoms with Crippen LogP contribution in [0.15, 0.2) is 48.5 Å². The van der Waals surface area contributed by atoms with Gasteiger partial charge in [-0.2, -0.15) is 0 Å². The molecule has 0 aromatic heterocycles. The molecule has 2 rings (SSSR count). The predicted octanol–water partition coefficient (Wildman–Crippen LogP) is 2.45. The van der Waals surface area contributed by atoms with Crippen molar-refractivity contribution in [3.8, 4) is 5.75 Å². The number of amides is 2. The van der Waals surface area contributed by atoms with Gasteiger partial charge in [-0.15, -0.1) is 0 Å². The van der Waals surface area contributed by atoms with Gasteiger partial charge in [0, 0.05) is 17.9 Å². The Balaban J connectivity index is 2.05. The molecule has 0 fully saturated rings. The number of carbonyl (C=O) groups excluding carboxylic acids is 2. The highest BCUT2D eigenvalue weighted by Gasteiger charge is 2.12. The zero-order valence-corrected chi connectivity index (χ0v) is 13.5. The van der Waals surface area contributed by atoms with Gasteiger partial charge >= 0.3 is 0 Å². The van der Waals surface area contributed by atoms with E-state index in [4.69, 9.17) is 15.2 Å². The number of primary amides is 1. The molecular formula is C18H20N2O4. The minimum atomic E-state index is -0.513. The van der Waals surface area contributed by atoms with Gasteiger partial charge in [-0.3, -0.25) is 9.59 Å². The zero-order chi connectivity index (χ0) is 17.4. The molecule has 2 aromatic rings. The minimum absolute atomic E-state index is 0.297. The van der Waals surface area contributed by atoms with Gasteiger partial charge in [-0.25, -0.2) is 0 Å². The van der Waals surface area contributed by atoms with E-state index in [-0.39, 0.29) is 5.91 Å². The highest BCUT2D eigenvalue weighted by Crippen LogP contribution is 2.20. The fraction of sp³-hybridized carbons (Fsp3) is 0.222. The molecule has 0 radical (unpaired) electrons. The standard InChI is InChI=1S/C18H20N2O4/c1-2-23-11-12-24-16-6-4-3-5-15(16)18(22)20-14-9-7-13(8-10-14)17(19)21/h3-10H,2,11-12H2,1H3,(H2,19,21)(H,20,22). The topological polar surface area (TPSA) is 90.7 Å². The van der Waals surface area contributed by atoms with Crippen molar-refractivity contribution >= 4 is 17.5 Å². The average molecular weight is 328 g/mol. The summed E-state index contributed by atoms with van der Waals surface area (Å²) in [7, 11) is 0. The Bertz CT molecular complexity index is 698. The number of nitrogens with two attached hydrogens (primary N) is 1. The third kappa shape index (κ3) is 4.82. The van der Waals surface area contributed by atoms with Gasteiger partial charge in [0.1, 0.15) is 12.4 Å². The van der Waals surface area contributed by atoms with Crippen molar-refractivity contribution in [2.24, 2.45) is 5.73 Å². The first-order valence-corrected chi connectivity index (χ1v) is 7.62. The van der Waals surface area contributed by atoms with Gasteiger partial charge in [0.05, 0.1) is 12.2 Å². The van der Waals surface area contributed by atoms with E-state index in [1.54, 1.807) is 48.5 Å². The summed E-state index contributed by atoms with van der Waals surface area (Å²) in [6.07, 6.45) is 0. The first kappa shape index (κ1) is 17.5. The van der Waals surface area contributed by atoms with Crippen molar-refractivity contribution in [2.75, 3.05) is 25.1 Å². The summed E-state index contributed by atoms with van der Waals surface area (Å²) in [5.74, 6) is -0.321. The summed E-state index contributed by atoms with van der Waals surface area (Å²) in [5.41, 5.74) is 6.56. The van der Waals surface area contributed by atoms with Crippen LogP contribution in [0.2, 0.25) is 0 Å². The van der Waals surface area contributed by atoms with Crippen molar-refractivity contribution in [3.05, 3.63) is 59.7 Å². The molecule has 126 valence electrons. The lowest BCUT2D eigenvalue weighted by atomic mass is 10.1. The van der Waals surface area contributed by atoms with E-state index in [2.05, 4.69) is 5.32 Å². The monoisotopic (exact) mass is 328 g/mol. The van der Waals surface area contributed by atoms with Crippen LogP contribution in [0.4, 0.5) is 5.69 Å². The van der Waals surface area contributed by atoms with Crippen LogP contribution in [0.1, 0.15) is 27.6 Å². The van der Waals surface area contributed by atoms with Crippen molar-refractivity contribution in [1.82, 2.24) is 0 Å². The number of ether oxygens (including phenoxy) is 2. The smallest absolute Gasteiger partial charge is 0.259 e. The van der Waals surface area contributed by atoms with Gasteiger partial charge in [-0.05, 0) is 43.3 Å². The molecule has 0 bridgehead atoms. The molecule has 0 unspecified atom stereocenters. The van der Waals surface area contributed by atoms with Gasteiger partial charge in [-0.1, -0.05) is 12.1 Å². The fourth-order valence-electron chi connectivity index (χ4n) is 2.05. The zero-order valence-electron chi connectivity index (χ0n) is 13.5. The Labute approximate surface area is 140 Å². The first-order chi connectivity index (χ1) is 11.6. The van der Waals surface area contributed by atoms with Crippen LogP contribution < -0.4 is 15.8 Å². The molecule has 2 aromatic carbocycles. The van der Waals surface area contributed by atoms with Crippen LogP contribution in [0, 0.1) is 0 Å². The number of benzene rings is 2.